The Balaban J connectivity index is 0. The average molecular weight is 176 g/mol. The van der Waals surface area contributed by atoms with Gasteiger partial charge < -0.3 is 40.2 Å². The Morgan fingerprint density at radius 1 is 0.833 bits per heavy atom. The van der Waals surface area contributed by atoms with Crippen LogP contribution in [0.2, 0.25) is 0 Å². The third-order valence-electron chi connectivity index (χ3n) is 0. The first-order chi connectivity index (χ1) is 2.00. The molecule has 0 atom stereocenters. The maximum atomic E-state index is 4.99. The van der Waals surface area contributed by atoms with E-state index in [1.165, 1.54) is 0 Å². The van der Waals surface area contributed by atoms with Crippen LogP contribution in [0.4, 0.5) is 0 Å². The van der Waals surface area contributed by atoms with Gasteiger partial charge in [0.25, 0.3) is 0 Å². The van der Waals surface area contributed by atoms with Crippen molar-refractivity contribution in [2.45, 2.75) is 0 Å². The van der Waals surface area contributed by atoms with Crippen molar-refractivity contribution in [3.8, 4) is 0 Å². The second kappa shape index (κ2) is 4.20. The number of halogens is 4. The van der Waals surface area contributed by atoms with Gasteiger partial charge in [0.2, 0.25) is 0 Å². The Morgan fingerprint density at radius 3 is 0.833 bits per heavy atom. The SMILES string of the molecule is [Cl][Al-]([Cl])([Cl])[Cl].[Li+]. The van der Waals surface area contributed by atoms with Crippen LogP contribution >= 0.6 is 40.2 Å². The molecule has 0 N–H and O–H groups in total. The van der Waals surface area contributed by atoms with Crippen LogP contribution in [0.5, 0.6) is 0 Å². The van der Waals surface area contributed by atoms with Gasteiger partial charge in [-0.3, -0.25) is 0 Å². The Bertz CT molecular complexity index is 23.0. The van der Waals surface area contributed by atoms with Crippen molar-refractivity contribution in [2.75, 3.05) is 0 Å². The van der Waals surface area contributed by atoms with Crippen molar-refractivity contribution < 1.29 is 18.9 Å². The molecule has 6 heavy (non-hydrogen) atoms. The van der Waals surface area contributed by atoms with Crippen molar-refractivity contribution in [2.24, 2.45) is 0 Å². The monoisotopic (exact) mass is 174 g/mol. The zero-order chi connectivity index (χ0) is 4.50. The number of hydrogen-bond acceptors (Lipinski definition) is 0. The molecule has 0 fully saturated rings. The maximum Gasteiger partial charge on any atom is 1.00 e. The fourth-order valence-corrected chi connectivity index (χ4v) is 0. The summed E-state index contributed by atoms with van der Waals surface area (Å²) in [7, 11) is 17.0. The Kier molecular flexibility index (Phi) is 7.79. The topological polar surface area (TPSA) is 0 Å². The molecule has 0 aromatic carbocycles. The summed E-state index contributed by atoms with van der Waals surface area (Å²) in [5.41, 5.74) is 0. The molecule has 0 aliphatic rings. The zero-order valence-corrected chi connectivity index (χ0v) is 7.27. The third-order valence-corrected chi connectivity index (χ3v) is 0. The second-order valence-corrected chi connectivity index (χ2v) is 13.4. The van der Waals surface area contributed by atoms with Gasteiger partial charge in [0.1, 0.15) is 0 Å². The molecule has 0 spiro atoms. The molecule has 0 rings (SSSR count). The third kappa shape index (κ3) is 33.6. The number of hydrogen-bond donors (Lipinski definition) is 0. The summed E-state index contributed by atoms with van der Waals surface area (Å²) in [5, 5.41) is 0. The molecule has 0 radical (unpaired) electrons. The van der Waals surface area contributed by atoms with Crippen LogP contribution in [0.25, 0.3) is 0 Å². The quantitative estimate of drug-likeness (QED) is 0.431. The summed E-state index contributed by atoms with van der Waals surface area (Å²) >= 11 is 0. The normalized spacial score (nSPS) is 10.0. The van der Waals surface area contributed by atoms with E-state index in [0.717, 1.165) is 0 Å². The van der Waals surface area contributed by atoms with Gasteiger partial charge in [-0.1, -0.05) is 0 Å². The molecule has 32 valence electrons. The molecule has 0 saturated carbocycles. The van der Waals surface area contributed by atoms with Gasteiger partial charge in [-0.15, -0.1) is 0 Å². The Hall–Kier alpha value is 2.29. The van der Waals surface area contributed by atoms with Crippen LogP contribution < -0.4 is 18.9 Å². The molecule has 6 heteroatoms. The van der Waals surface area contributed by atoms with Crippen molar-refractivity contribution in [1.82, 2.24) is 0 Å². The molecule has 0 aromatic heterocycles. The predicted octanol–water partition coefficient (Wildman–Crippen LogP) is -0.619. The largest absolute Gasteiger partial charge is 1.00 e. The molecule has 0 amide bonds. The second-order valence-electron chi connectivity index (χ2n) is 0.495. The van der Waals surface area contributed by atoms with Crippen LogP contribution in [-0.2, 0) is 0 Å². The van der Waals surface area contributed by atoms with Crippen LogP contribution in [0, 0.1) is 0 Å². The van der Waals surface area contributed by atoms with Crippen molar-refractivity contribution in [3.05, 3.63) is 0 Å². The smallest absolute Gasteiger partial charge is 0.391 e. The molecular weight excluding hydrogens is 176 g/mol. The summed E-state index contributed by atoms with van der Waals surface area (Å²) in [5.74, 6) is 0. The van der Waals surface area contributed by atoms with E-state index < -0.39 is 9.39 Å². The molecule has 0 nitrogen and oxygen atoms in total. The van der Waals surface area contributed by atoms with Gasteiger partial charge in [-0.05, 0) is 0 Å². The standard InChI is InChI=1S/Al.4ClH.Li/h;4*1H;/q+3;;;;;+1/p-4. The van der Waals surface area contributed by atoms with E-state index in [1.54, 1.807) is 0 Å². The van der Waals surface area contributed by atoms with Gasteiger partial charge in [0.15, 0.2) is 0 Å². The first-order valence-corrected chi connectivity index (χ1v) is 7.86. The summed E-state index contributed by atoms with van der Waals surface area (Å²) in [4.78, 5) is 0. The summed E-state index contributed by atoms with van der Waals surface area (Å²) in [6.07, 6.45) is 0. The molecule has 0 aliphatic heterocycles. The molecule has 0 bridgehead atoms. The van der Waals surface area contributed by atoms with E-state index in [4.69, 9.17) is 40.2 Å². The first kappa shape index (κ1) is 11.1. The van der Waals surface area contributed by atoms with Gasteiger partial charge in [0, 0.05) is 0 Å². The van der Waals surface area contributed by atoms with Crippen LogP contribution in [0.3, 0.4) is 0 Å². The van der Waals surface area contributed by atoms with Crippen molar-refractivity contribution >= 4 is 49.6 Å². The van der Waals surface area contributed by atoms with Gasteiger partial charge in [-0.25, -0.2) is 0 Å². The minimum absolute atomic E-state index is 0. The van der Waals surface area contributed by atoms with E-state index in [2.05, 4.69) is 0 Å². The molecule has 0 heterocycles. The van der Waals surface area contributed by atoms with E-state index in [1.807, 2.05) is 0 Å². The zero-order valence-electron chi connectivity index (χ0n) is 3.09. The van der Waals surface area contributed by atoms with Crippen LogP contribution in [0.15, 0.2) is 0 Å². The fraction of sp³-hybridized carbons (Fsp3) is 0. The molecule has 0 aliphatic carbocycles. The van der Waals surface area contributed by atoms with Gasteiger partial charge in [-0.2, -0.15) is 0 Å². The molecule has 0 saturated heterocycles. The molecular formula is AlCl4Li. The summed E-state index contributed by atoms with van der Waals surface area (Å²) in [6, 6.07) is 0. The van der Waals surface area contributed by atoms with E-state index in [9.17, 15) is 0 Å². The Morgan fingerprint density at radius 2 is 0.833 bits per heavy atom. The van der Waals surface area contributed by atoms with Gasteiger partial charge >= 0.3 is 28.3 Å². The van der Waals surface area contributed by atoms with Gasteiger partial charge in [0.05, 0.1) is 0 Å². The summed E-state index contributed by atoms with van der Waals surface area (Å²) in [6.45, 7) is 0. The van der Waals surface area contributed by atoms with Crippen molar-refractivity contribution in [3.63, 3.8) is 0 Å². The first-order valence-electron chi connectivity index (χ1n) is 0.873. The van der Waals surface area contributed by atoms with E-state index >= 15 is 0 Å². The predicted molar refractivity (Wildman–Crippen MR) is 29.2 cm³/mol. The van der Waals surface area contributed by atoms with E-state index in [-0.39, 0.29) is 18.9 Å². The average Bonchev–Trinajstić information content (AvgIpc) is 0.722. The summed E-state index contributed by atoms with van der Waals surface area (Å²) < 4.78 is 0. The fourth-order valence-electron chi connectivity index (χ4n) is 0. The van der Waals surface area contributed by atoms with Crippen LogP contribution in [-0.4, -0.2) is 9.39 Å². The van der Waals surface area contributed by atoms with Crippen molar-refractivity contribution in [1.29, 1.82) is 0 Å². The molecule has 0 aromatic rings. The maximum absolute atomic E-state index is 4.99. The molecule has 0 unspecified atom stereocenters. The minimum atomic E-state index is -2.94. The van der Waals surface area contributed by atoms with E-state index in [0.29, 0.717) is 0 Å². The van der Waals surface area contributed by atoms with Crippen LogP contribution in [0.1, 0.15) is 0 Å². The minimum Gasteiger partial charge on any atom is -0.391 e. The Labute approximate surface area is 67.8 Å². The number of rotatable bonds is 0.